The summed E-state index contributed by atoms with van der Waals surface area (Å²) in [4.78, 5) is 18.3. The van der Waals surface area contributed by atoms with Gasteiger partial charge in [-0.15, -0.1) is 0 Å². The van der Waals surface area contributed by atoms with Crippen LogP contribution in [0.2, 0.25) is 0 Å². The van der Waals surface area contributed by atoms with E-state index < -0.39 is 5.82 Å². The van der Waals surface area contributed by atoms with Crippen molar-refractivity contribution in [1.82, 2.24) is 9.88 Å². The molecule has 0 amide bonds. The van der Waals surface area contributed by atoms with Crippen molar-refractivity contribution in [3.63, 3.8) is 0 Å². The van der Waals surface area contributed by atoms with E-state index in [0.29, 0.717) is 18.2 Å². The second kappa shape index (κ2) is 7.48. The van der Waals surface area contributed by atoms with E-state index >= 15 is 0 Å². The zero-order valence-corrected chi connectivity index (χ0v) is 12.1. The molecule has 0 aromatic carbocycles. The standard InChI is InChI=1S/C16H23FN2O/c1-2-19(14-6-4-3-5-7-14)11-10-16(20)15-9-8-13(17)12-18-15/h8-9,12,14H,2-7,10-11H2,1H3. The van der Waals surface area contributed by atoms with Gasteiger partial charge in [-0.25, -0.2) is 4.39 Å². The minimum atomic E-state index is -0.404. The van der Waals surface area contributed by atoms with Crippen molar-refractivity contribution in [1.29, 1.82) is 0 Å². The Morgan fingerprint density at radius 3 is 2.70 bits per heavy atom. The van der Waals surface area contributed by atoms with Crippen LogP contribution in [-0.2, 0) is 0 Å². The minimum Gasteiger partial charge on any atom is -0.300 e. The number of carbonyl (C=O) groups excluding carboxylic acids is 1. The molecule has 4 heteroatoms. The minimum absolute atomic E-state index is 0.000686. The van der Waals surface area contributed by atoms with Gasteiger partial charge in [-0.1, -0.05) is 26.2 Å². The smallest absolute Gasteiger partial charge is 0.182 e. The molecule has 0 aliphatic heterocycles. The fraction of sp³-hybridized carbons (Fsp3) is 0.625. The number of aromatic nitrogens is 1. The number of nitrogens with zero attached hydrogens (tertiary/aromatic N) is 2. The second-order valence-corrected chi connectivity index (χ2v) is 5.46. The van der Waals surface area contributed by atoms with Crippen LogP contribution >= 0.6 is 0 Å². The summed E-state index contributed by atoms with van der Waals surface area (Å²) in [6.07, 6.45) is 8.00. The molecule has 1 aliphatic rings. The third-order valence-electron chi connectivity index (χ3n) is 4.14. The number of Topliss-reactive ketones (excluding diaryl/α,β-unsaturated/α-hetero) is 1. The summed E-state index contributed by atoms with van der Waals surface area (Å²) in [6, 6.07) is 3.38. The van der Waals surface area contributed by atoms with Crippen LogP contribution in [0.25, 0.3) is 0 Å². The van der Waals surface area contributed by atoms with E-state index in [4.69, 9.17) is 0 Å². The van der Waals surface area contributed by atoms with E-state index in [1.165, 1.54) is 44.2 Å². The van der Waals surface area contributed by atoms with Crippen molar-refractivity contribution >= 4 is 5.78 Å². The van der Waals surface area contributed by atoms with Gasteiger partial charge in [-0.3, -0.25) is 9.78 Å². The van der Waals surface area contributed by atoms with E-state index in [2.05, 4.69) is 16.8 Å². The van der Waals surface area contributed by atoms with Gasteiger partial charge in [0, 0.05) is 19.0 Å². The number of hydrogen-bond donors (Lipinski definition) is 0. The van der Waals surface area contributed by atoms with Gasteiger partial charge in [0.15, 0.2) is 5.78 Å². The van der Waals surface area contributed by atoms with Crippen molar-refractivity contribution in [2.24, 2.45) is 0 Å². The lowest BCUT2D eigenvalue weighted by Gasteiger charge is -2.33. The van der Waals surface area contributed by atoms with Gasteiger partial charge in [0.1, 0.15) is 11.5 Å². The van der Waals surface area contributed by atoms with E-state index in [0.717, 1.165) is 19.3 Å². The van der Waals surface area contributed by atoms with E-state index in [9.17, 15) is 9.18 Å². The second-order valence-electron chi connectivity index (χ2n) is 5.46. The van der Waals surface area contributed by atoms with Gasteiger partial charge >= 0.3 is 0 Å². The summed E-state index contributed by atoms with van der Waals surface area (Å²) in [5.41, 5.74) is 0.367. The molecule has 110 valence electrons. The van der Waals surface area contributed by atoms with E-state index in [1.807, 2.05) is 0 Å². The summed E-state index contributed by atoms with van der Waals surface area (Å²) in [7, 11) is 0. The molecule has 0 unspecified atom stereocenters. The molecule has 0 saturated heterocycles. The molecule has 1 saturated carbocycles. The third kappa shape index (κ3) is 4.10. The monoisotopic (exact) mass is 278 g/mol. The summed E-state index contributed by atoms with van der Waals surface area (Å²) in [5, 5.41) is 0. The molecule has 20 heavy (non-hydrogen) atoms. The quantitative estimate of drug-likeness (QED) is 0.747. The van der Waals surface area contributed by atoms with Gasteiger partial charge in [0.05, 0.1) is 6.20 Å². The molecule has 1 aromatic rings. The molecule has 1 fully saturated rings. The number of rotatable bonds is 6. The first-order chi connectivity index (χ1) is 9.70. The average Bonchev–Trinajstić information content (AvgIpc) is 2.49. The van der Waals surface area contributed by atoms with Crippen molar-refractivity contribution in [3.05, 3.63) is 29.8 Å². The number of halogens is 1. The van der Waals surface area contributed by atoms with Crippen molar-refractivity contribution in [2.45, 2.75) is 51.5 Å². The summed E-state index contributed by atoms with van der Waals surface area (Å²) in [5.74, 6) is -0.404. The largest absolute Gasteiger partial charge is 0.300 e. The topological polar surface area (TPSA) is 33.2 Å². The maximum absolute atomic E-state index is 12.8. The predicted octanol–water partition coefficient (Wildman–Crippen LogP) is 3.45. The summed E-state index contributed by atoms with van der Waals surface area (Å²) < 4.78 is 12.8. The molecule has 0 N–H and O–H groups in total. The molecule has 0 radical (unpaired) electrons. The van der Waals surface area contributed by atoms with Gasteiger partial charge in [0.25, 0.3) is 0 Å². The Morgan fingerprint density at radius 2 is 2.10 bits per heavy atom. The Labute approximate surface area is 120 Å². The van der Waals surface area contributed by atoms with Crippen LogP contribution in [0.3, 0.4) is 0 Å². The van der Waals surface area contributed by atoms with Crippen molar-refractivity contribution in [3.8, 4) is 0 Å². The molecule has 1 aliphatic carbocycles. The number of ketones is 1. The number of pyridine rings is 1. The van der Waals surface area contributed by atoms with Crippen LogP contribution in [0.5, 0.6) is 0 Å². The first-order valence-corrected chi connectivity index (χ1v) is 7.59. The Kier molecular flexibility index (Phi) is 5.65. The molecular weight excluding hydrogens is 255 g/mol. The molecule has 2 rings (SSSR count). The Morgan fingerprint density at radius 1 is 1.35 bits per heavy atom. The zero-order valence-electron chi connectivity index (χ0n) is 12.1. The SMILES string of the molecule is CCN(CCC(=O)c1ccc(F)cn1)C1CCCCC1. The highest BCUT2D eigenvalue weighted by Crippen LogP contribution is 2.22. The highest BCUT2D eigenvalue weighted by molar-refractivity contribution is 5.94. The van der Waals surface area contributed by atoms with Gasteiger partial charge in [0.2, 0.25) is 0 Å². The molecule has 0 spiro atoms. The van der Waals surface area contributed by atoms with Gasteiger partial charge in [-0.2, -0.15) is 0 Å². The molecular formula is C16H23FN2O. The molecule has 0 bridgehead atoms. The average molecular weight is 278 g/mol. The lowest BCUT2D eigenvalue weighted by atomic mass is 9.94. The first kappa shape index (κ1) is 15.1. The van der Waals surface area contributed by atoms with Crippen molar-refractivity contribution < 1.29 is 9.18 Å². The molecule has 3 nitrogen and oxygen atoms in total. The zero-order chi connectivity index (χ0) is 14.4. The number of hydrogen-bond acceptors (Lipinski definition) is 3. The molecule has 1 heterocycles. The fourth-order valence-corrected chi connectivity index (χ4v) is 2.96. The lowest BCUT2D eigenvalue weighted by Crippen LogP contribution is -2.38. The van der Waals surface area contributed by atoms with Crippen molar-refractivity contribution in [2.75, 3.05) is 13.1 Å². The van der Waals surface area contributed by atoms with E-state index in [1.54, 1.807) is 0 Å². The van der Waals surface area contributed by atoms with Crippen LogP contribution < -0.4 is 0 Å². The lowest BCUT2D eigenvalue weighted by molar-refractivity contribution is 0.0934. The molecule has 0 atom stereocenters. The van der Waals surface area contributed by atoms with Crippen LogP contribution in [0.15, 0.2) is 18.3 Å². The number of carbonyl (C=O) groups is 1. The van der Waals surface area contributed by atoms with Gasteiger partial charge < -0.3 is 4.90 Å². The Bertz CT molecular complexity index is 427. The fourth-order valence-electron chi connectivity index (χ4n) is 2.96. The maximum atomic E-state index is 12.8. The highest BCUT2D eigenvalue weighted by Gasteiger charge is 2.20. The summed E-state index contributed by atoms with van der Waals surface area (Å²) >= 11 is 0. The third-order valence-corrected chi connectivity index (χ3v) is 4.14. The van der Waals surface area contributed by atoms with Gasteiger partial charge in [-0.05, 0) is 31.5 Å². The van der Waals surface area contributed by atoms with Crippen LogP contribution in [-0.4, -0.2) is 34.8 Å². The maximum Gasteiger partial charge on any atom is 0.182 e. The molecule has 1 aromatic heterocycles. The van der Waals surface area contributed by atoms with Crippen LogP contribution in [0, 0.1) is 5.82 Å². The normalized spacial score (nSPS) is 16.6. The summed E-state index contributed by atoms with van der Waals surface area (Å²) in [6.45, 7) is 3.91. The van der Waals surface area contributed by atoms with Crippen LogP contribution in [0.4, 0.5) is 4.39 Å². The van der Waals surface area contributed by atoms with Crippen LogP contribution in [0.1, 0.15) is 55.9 Å². The Hall–Kier alpha value is -1.29. The van der Waals surface area contributed by atoms with E-state index in [-0.39, 0.29) is 5.78 Å². The first-order valence-electron chi connectivity index (χ1n) is 7.59. The highest BCUT2D eigenvalue weighted by atomic mass is 19.1. The Balaban J connectivity index is 1.85. The predicted molar refractivity (Wildman–Crippen MR) is 77.3 cm³/mol.